The van der Waals surface area contributed by atoms with E-state index in [2.05, 4.69) is 13.8 Å². The summed E-state index contributed by atoms with van der Waals surface area (Å²) in [7, 11) is 1.83. The van der Waals surface area contributed by atoms with Crippen molar-refractivity contribution in [1.29, 1.82) is 0 Å². The van der Waals surface area contributed by atoms with Crippen molar-refractivity contribution in [3.05, 3.63) is 29.8 Å². The van der Waals surface area contributed by atoms with Crippen LogP contribution in [0.5, 0.6) is 5.75 Å². The van der Waals surface area contributed by atoms with Gasteiger partial charge in [-0.05, 0) is 37.6 Å². The molecule has 2 N–H and O–H groups in total. The number of hydrogen-bond donors (Lipinski definition) is 1. The molecule has 2 rings (SSSR count). The molecule has 6 nitrogen and oxygen atoms in total. The summed E-state index contributed by atoms with van der Waals surface area (Å²) in [5.41, 5.74) is 5.55. The van der Waals surface area contributed by atoms with E-state index in [0.717, 1.165) is 6.42 Å². The highest BCUT2D eigenvalue weighted by atomic mass is 16.5. The fourth-order valence-corrected chi connectivity index (χ4v) is 3.20. The van der Waals surface area contributed by atoms with E-state index in [1.54, 1.807) is 29.2 Å². The smallest absolute Gasteiger partial charge is 0.255 e. The van der Waals surface area contributed by atoms with Crippen LogP contribution in [-0.4, -0.2) is 49.1 Å². The molecular weight excluding hydrogens is 308 g/mol. The molecule has 1 aliphatic carbocycles. The fourth-order valence-electron chi connectivity index (χ4n) is 3.20. The van der Waals surface area contributed by atoms with Crippen LogP contribution >= 0.6 is 0 Å². The molecule has 0 aromatic heterocycles. The Kier molecular flexibility index (Phi) is 5.49. The third-order valence-electron chi connectivity index (χ3n) is 4.76. The molecular formula is C18H26N2O4. The van der Waals surface area contributed by atoms with E-state index in [9.17, 15) is 9.59 Å². The minimum atomic E-state index is -0.536. The molecule has 2 unspecified atom stereocenters. The lowest BCUT2D eigenvalue weighted by Gasteiger charge is -2.54. The summed E-state index contributed by atoms with van der Waals surface area (Å²) >= 11 is 0. The summed E-state index contributed by atoms with van der Waals surface area (Å²) in [5.74, 6) is -0.0659. The Morgan fingerprint density at radius 3 is 2.42 bits per heavy atom. The Labute approximate surface area is 142 Å². The molecule has 1 aromatic rings. The highest BCUT2D eigenvalue weighted by Crippen LogP contribution is 2.45. The average molecular weight is 334 g/mol. The Hall–Kier alpha value is -2.08. The molecule has 0 radical (unpaired) electrons. The number of nitrogens with zero attached hydrogens (tertiary/aromatic N) is 1. The van der Waals surface area contributed by atoms with Gasteiger partial charge in [-0.3, -0.25) is 9.59 Å². The maximum absolute atomic E-state index is 12.7. The molecule has 2 amide bonds. The summed E-state index contributed by atoms with van der Waals surface area (Å²) in [6.45, 7) is 6.76. The van der Waals surface area contributed by atoms with Crippen molar-refractivity contribution in [2.45, 2.75) is 39.3 Å². The van der Waals surface area contributed by atoms with Crippen molar-refractivity contribution in [3.63, 3.8) is 0 Å². The molecule has 1 aromatic carbocycles. The lowest BCUT2D eigenvalue weighted by Crippen LogP contribution is -2.62. The normalized spacial score (nSPS) is 21.7. The Bertz CT molecular complexity index is 598. The summed E-state index contributed by atoms with van der Waals surface area (Å²) in [6, 6.07) is 6.87. The summed E-state index contributed by atoms with van der Waals surface area (Å²) in [5, 5.41) is 0. The first kappa shape index (κ1) is 18.3. The number of carbonyl (C=O) groups is 2. The van der Waals surface area contributed by atoms with Gasteiger partial charge in [0.1, 0.15) is 5.75 Å². The summed E-state index contributed by atoms with van der Waals surface area (Å²) < 4.78 is 10.9. The van der Waals surface area contributed by atoms with E-state index in [-0.39, 0.29) is 30.1 Å². The quantitative estimate of drug-likeness (QED) is 0.825. The SMILES string of the molecule is CCOC1CC(N(C)C(=O)c2ccc(OCC(N)=O)cc2)C1(C)C. The Balaban J connectivity index is 2.00. The standard InChI is InChI=1S/C18H26N2O4/c1-5-23-15-10-14(18(15,2)3)20(4)17(22)12-6-8-13(9-7-12)24-11-16(19)21/h6-9,14-15H,5,10-11H2,1-4H3,(H2,19,21). The number of carbonyl (C=O) groups excluding carboxylic acids is 2. The monoisotopic (exact) mass is 334 g/mol. The number of hydrogen-bond acceptors (Lipinski definition) is 4. The Morgan fingerprint density at radius 2 is 1.92 bits per heavy atom. The van der Waals surface area contributed by atoms with Crippen LogP contribution in [0, 0.1) is 5.41 Å². The van der Waals surface area contributed by atoms with Gasteiger partial charge in [0.15, 0.2) is 6.61 Å². The van der Waals surface area contributed by atoms with Crippen molar-refractivity contribution in [1.82, 2.24) is 4.90 Å². The molecule has 1 aliphatic rings. The molecule has 0 heterocycles. The van der Waals surface area contributed by atoms with Crippen LogP contribution in [0.25, 0.3) is 0 Å². The van der Waals surface area contributed by atoms with Crippen LogP contribution < -0.4 is 10.5 Å². The van der Waals surface area contributed by atoms with Gasteiger partial charge in [-0.1, -0.05) is 13.8 Å². The van der Waals surface area contributed by atoms with Gasteiger partial charge in [-0.25, -0.2) is 0 Å². The predicted octanol–water partition coefficient (Wildman–Crippen LogP) is 1.83. The van der Waals surface area contributed by atoms with Crippen molar-refractivity contribution in [2.75, 3.05) is 20.3 Å². The van der Waals surface area contributed by atoms with Gasteiger partial charge in [0, 0.05) is 30.7 Å². The van der Waals surface area contributed by atoms with Crippen LogP contribution in [0.4, 0.5) is 0 Å². The van der Waals surface area contributed by atoms with Gasteiger partial charge in [-0.2, -0.15) is 0 Å². The van der Waals surface area contributed by atoms with E-state index in [4.69, 9.17) is 15.2 Å². The second kappa shape index (κ2) is 7.21. The van der Waals surface area contributed by atoms with E-state index < -0.39 is 5.91 Å². The highest BCUT2D eigenvalue weighted by molar-refractivity contribution is 5.94. The molecule has 2 atom stereocenters. The van der Waals surface area contributed by atoms with E-state index in [1.807, 2.05) is 14.0 Å². The zero-order valence-corrected chi connectivity index (χ0v) is 14.7. The minimum Gasteiger partial charge on any atom is -0.484 e. The van der Waals surface area contributed by atoms with Crippen LogP contribution in [0.15, 0.2) is 24.3 Å². The lowest BCUT2D eigenvalue weighted by molar-refractivity contribution is -0.136. The number of nitrogens with two attached hydrogens (primary N) is 1. The second-order valence-electron chi connectivity index (χ2n) is 6.71. The Morgan fingerprint density at radius 1 is 1.29 bits per heavy atom. The number of amides is 2. The van der Waals surface area contributed by atoms with Gasteiger partial charge in [0.05, 0.1) is 6.10 Å². The van der Waals surface area contributed by atoms with Crippen molar-refractivity contribution in [2.24, 2.45) is 11.1 Å². The summed E-state index contributed by atoms with van der Waals surface area (Å²) in [6.07, 6.45) is 1.04. The largest absolute Gasteiger partial charge is 0.484 e. The zero-order valence-electron chi connectivity index (χ0n) is 14.7. The van der Waals surface area contributed by atoms with E-state index >= 15 is 0 Å². The third kappa shape index (κ3) is 3.70. The fraction of sp³-hybridized carbons (Fsp3) is 0.556. The second-order valence-corrected chi connectivity index (χ2v) is 6.71. The van der Waals surface area contributed by atoms with Crippen molar-refractivity contribution >= 4 is 11.8 Å². The first-order chi connectivity index (χ1) is 11.3. The van der Waals surface area contributed by atoms with Crippen molar-refractivity contribution in [3.8, 4) is 5.75 Å². The van der Waals surface area contributed by atoms with Crippen molar-refractivity contribution < 1.29 is 19.1 Å². The highest BCUT2D eigenvalue weighted by Gasteiger charge is 2.51. The van der Waals surface area contributed by atoms with Gasteiger partial charge < -0.3 is 20.1 Å². The molecule has 0 spiro atoms. The predicted molar refractivity (Wildman–Crippen MR) is 90.8 cm³/mol. The molecule has 0 bridgehead atoms. The van der Waals surface area contributed by atoms with Gasteiger partial charge in [0.2, 0.25) is 0 Å². The lowest BCUT2D eigenvalue weighted by atomic mass is 9.63. The number of primary amides is 1. The first-order valence-electron chi connectivity index (χ1n) is 8.17. The molecule has 0 saturated heterocycles. The molecule has 132 valence electrons. The van der Waals surface area contributed by atoms with Gasteiger partial charge in [-0.15, -0.1) is 0 Å². The molecule has 1 fully saturated rings. The average Bonchev–Trinajstić information content (AvgIpc) is 2.55. The van der Waals surface area contributed by atoms with Crippen LogP contribution in [0.1, 0.15) is 37.6 Å². The molecule has 0 aliphatic heterocycles. The van der Waals surface area contributed by atoms with Crippen LogP contribution in [-0.2, 0) is 9.53 Å². The van der Waals surface area contributed by atoms with Crippen LogP contribution in [0.3, 0.4) is 0 Å². The molecule has 1 saturated carbocycles. The third-order valence-corrected chi connectivity index (χ3v) is 4.76. The van der Waals surface area contributed by atoms with Gasteiger partial charge in [0.25, 0.3) is 11.8 Å². The van der Waals surface area contributed by atoms with Crippen LogP contribution in [0.2, 0.25) is 0 Å². The van der Waals surface area contributed by atoms with E-state index in [0.29, 0.717) is 17.9 Å². The molecule has 6 heteroatoms. The minimum absolute atomic E-state index is 0.0375. The molecule has 24 heavy (non-hydrogen) atoms. The number of benzene rings is 1. The number of ether oxygens (including phenoxy) is 2. The summed E-state index contributed by atoms with van der Waals surface area (Å²) in [4.78, 5) is 25.2. The van der Waals surface area contributed by atoms with E-state index in [1.165, 1.54) is 0 Å². The number of rotatable bonds is 7. The van der Waals surface area contributed by atoms with Gasteiger partial charge >= 0.3 is 0 Å². The maximum atomic E-state index is 12.7. The first-order valence-corrected chi connectivity index (χ1v) is 8.17. The maximum Gasteiger partial charge on any atom is 0.255 e. The zero-order chi connectivity index (χ0) is 17.9. The topological polar surface area (TPSA) is 81.9 Å².